The van der Waals surface area contributed by atoms with E-state index in [0.717, 1.165) is 36.6 Å². The Kier molecular flexibility index (Phi) is 7.73. The minimum absolute atomic E-state index is 0.321. The maximum absolute atomic E-state index is 11.1. The van der Waals surface area contributed by atoms with Crippen molar-refractivity contribution in [2.75, 3.05) is 13.1 Å². The van der Waals surface area contributed by atoms with Crippen molar-refractivity contribution in [3.05, 3.63) is 95.6 Å². The zero-order valence-electron chi connectivity index (χ0n) is 18.7. The average molecular weight is 428 g/mol. The van der Waals surface area contributed by atoms with Gasteiger partial charge in [0.05, 0.1) is 5.56 Å². The van der Waals surface area contributed by atoms with E-state index in [1.165, 1.54) is 49.8 Å². The zero-order valence-corrected chi connectivity index (χ0v) is 18.7. The molecule has 1 fully saturated rings. The quantitative estimate of drug-likeness (QED) is 0.414. The van der Waals surface area contributed by atoms with Crippen molar-refractivity contribution in [2.24, 2.45) is 5.92 Å². The summed E-state index contributed by atoms with van der Waals surface area (Å²) < 4.78 is 0. The molecule has 0 aromatic heterocycles. The Balaban J connectivity index is 1.42. The van der Waals surface area contributed by atoms with Gasteiger partial charge in [0.1, 0.15) is 0 Å². The van der Waals surface area contributed by atoms with E-state index in [1.54, 1.807) is 12.1 Å². The molecule has 0 aliphatic heterocycles. The molecule has 1 aliphatic rings. The van der Waals surface area contributed by atoms with Crippen LogP contribution in [0.25, 0.3) is 11.1 Å². The van der Waals surface area contributed by atoms with Crippen molar-refractivity contribution in [2.45, 2.75) is 45.1 Å². The number of nitrogens with zero attached hydrogens (tertiary/aromatic N) is 1. The van der Waals surface area contributed by atoms with Gasteiger partial charge in [-0.25, -0.2) is 4.79 Å². The minimum Gasteiger partial charge on any atom is -0.478 e. The first-order valence-electron chi connectivity index (χ1n) is 11.9. The summed E-state index contributed by atoms with van der Waals surface area (Å²) in [6, 6.07) is 26.6. The van der Waals surface area contributed by atoms with Crippen LogP contribution in [0.5, 0.6) is 0 Å². The van der Waals surface area contributed by atoms with Gasteiger partial charge in [0.15, 0.2) is 0 Å². The fourth-order valence-corrected chi connectivity index (χ4v) is 4.77. The number of carboxylic acids is 1. The number of hydrogen-bond acceptors (Lipinski definition) is 2. The van der Waals surface area contributed by atoms with E-state index in [9.17, 15) is 4.79 Å². The normalized spacial score (nSPS) is 14.5. The molecule has 0 spiro atoms. The maximum Gasteiger partial charge on any atom is 0.335 e. The van der Waals surface area contributed by atoms with Gasteiger partial charge in [-0.05, 0) is 59.6 Å². The van der Waals surface area contributed by atoms with E-state index in [0.29, 0.717) is 5.56 Å². The van der Waals surface area contributed by atoms with Crippen LogP contribution < -0.4 is 0 Å². The Hall–Kier alpha value is -2.91. The minimum atomic E-state index is -0.888. The third-order valence-electron chi connectivity index (χ3n) is 6.63. The number of carbonyl (C=O) groups is 1. The van der Waals surface area contributed by atoms with Crippen LogP contribution in [0.3, 0.4) is 0 Å². The van der Waals surface area contributed by atoms with Crippen LogP contribution >= 0.6 is 0 Å². The molecule has 0 heterocycles. The van der Waals surface area contributed by atoms with Crippen molar-refractivity contribution in [1.29, 1.82) is 0 Å². The second-order valence-electron chi connectivity index (χ2n) is 9.05. The molecule has 4 rings (SSSR count). The largest absolute Gasteiger partial charge is 0.478 e. The van der Waals surface area contributed by atoms with Crippen molar-refractivity contribution >= 4 is 5.97 Å². The Bertz CT molecular complexity index is 974. The SMILES string of the molecule is O=C(O)c1ccc(-c2ccc(CN(CCc3ccccc3)CC3CCCCC3)cc2)cc1. The van der Waals surface area contributed by atoms with Crippen LogP contribution in [0.15, 0.2) is 78.9 Å². The van der Waals surface area contributed by atoms with Crippen LogP contribution in [0.2, 0.25) is 0 Å². The summed E-state index contributed by atoms with van der Waals surface area (Å²) in [5, 5.41) is 9.10. The summed E-state index contributed by atoms with van der Waals surface area (Å²) >= 11 is 0. The molecule has 3 aromatic rings. The summed E-state index contributed by atoms with van der Waals surface area (Å²) in [5.74, 6) is -0.0630. The number of hydrogen-bond donors (Lipinski definition) is 1. The molecular formula is C29H33NO2. The van der Waals surface area contributed by atoms with Crippen LogP contribution in [0, 0.1) is 5.92 Å². The van der Waals surface area contributed by atoms with Gasteiger partial charge in [-0.3, -0.25) is 4.90 Å². The fraction of sp³-hybridized carbons (Fsp3) is 0.345. The second kappa shape index (κ2) is 11.1. The molecule has 1 saturated carbocycles. The third-order valence-corrected chi connectivity index (χ3v) is 6.63. The van der Waals surface area contributed by atoms with Gasteiger partial charge in [0.25, 0.3) is 0 Å². The highest BCUT2D eigenvalue weighted by atomic mass is 16.4. The Labute approximate surface area is 191 Å². The second-order valence-corrected chi connectivity index (χ2v) is 9.05. The molecule has 32 heavy (non-hydrogen) atoms. The Morgan fingerprint density at radius 2 is 1.41 bits per heavy atom. The van der Waals surface area contributed by atoms with Crippen molar-refractivity contribution in [1.82, 2.24) is 4.90 Å². The molecule has 0 saturated heterocycles. The van der Waals surface area contributed by atoms with Crippen molar-refractivity contribution in [3.63, 3.8) is 0 Å². The lowest BCUT2D eigenvalue weighted by Crippen LogP contribution is -2.32. The first-order chi connectivity index (χ1) is 15.7. The lowest BCUT2D eigenvalue weighted by molar-refractivity contribution is 0.0697. The predicted octanol–water partition coefficient (Wildman–Crippen LogP) is 6.68. The lowest BCUT2D eigenvalue weighted by atomic mass is 9.88. The van der Waals surface area contributed by atoms with E-state index >= 15 is 0 Å². The van der Waals surface area contributed by atoms with Gasteiger partial charge in [0, 0.05) is 19.6 Å². The molecule has 3 nitrogen and oxygen atoms in total. The summed E-state index contributed by atoms with van der Waals surface area (Å²) in [7, 11) is 0. The van der Waals surface area contributed by atoms with Gasteiger partial charge >= 0.3 is 5.97 Å². The molecule has 3 heteroatoms. The van der Waals surface area contributed by atoms with Crippen LogP contribution in [-0.2, 0) is 13.0 Å². The molecule has 0 unspecified atom stereocenters. The number of carboxylic acid groups (broad SMARTS) is 1. The molecule has 0 atom stereocenters. The molecule has 0 radical (unpaired) electrons. The Morgan fingerprint density at radius 1 is 0.781 bits per heavy atom. The van der Waals surface area contributed by atoms with Gasteiger partial charge in [0.2, 0.25) is 0 Å². The number of aromatic carboxylic acids is 1. The molecule has 1 aliphatic carbocycles. The molecule has 3 aromatic carbocycles. The predicted molar refractivity (Wildman–Crippen MR) is 131 cm³/mol. The van der Waals surface area contributed by atoms with Crippen LogP contribution in [0.1, 0.15) is 53.6 Å². The molecule has 1 N–H and O–H groups in total. The summed E-state index contributed by atoms with van der Waals surface area (Å²) in [4.78, 5) is 13.7. The molecule has 166 valence electrons. The molecule has 0 amide bonds. The average Bonchev–Trinajstić information content (AvgIpc) is 2.84. The maximum atomic E-state index is 11.1. The highest BCUT2D eigenvalue weighted by Crippen LogP contribution is 2.26. The van der Waals surface area contributed by atoms with Gasteiger partial charge in [-0.15, -0.1) is 0 Å². The van der Waals surface area contributed by atoms with Gasteiger partial charge in [-0.2, -0.15) is 0 Å². The monoisotopic (exact) mass is 427 g/mol. The standard InChI is InChI=1S/C29H33NO2/c31-29(32)28-17-15-27(16-18-28)26-13-11-25(12-14-26)22-30(21-24-9-5-2-6-10-24)20-19-23-7-3-1-4-8-23/h1,3-4,7-8,11-18,24H,2,5-6,9-10,19-22H2,(H,31,32). The zero-order chi connectivity index (χ0) is 22.2. The molecular weight excluding hydrogens is 394 g/mol. The van der Waals surface area contributed by atoms with Crippen LogP contribution in [-0.4, -0.2) is 29.1 Å². The van der Waals surface area contributed by atoms with E-state index < -0.39 is 5.97 Å². The number of rotatable bonds is 9. The van der Waals surface area contributed by atoms with Gasteiger partial charge in [-0.1, -0.05) is 86.0 Å². The summed E-state index contributed by atoms with van der Waals surface area (Å²) in [6.07, 6.45) is 7.98. The highest BCUT2D eigenvalue weighted by molar-refractivity contribution is 5.88. The van der Waals surface area contributed by atoms with Crippen molar-refractivity contribution < 1.29 is 9.90 Å². The first-order valence-corrected chi connectivity index (χ1v) is 11.9. The first kappa shape index (κ1) is 22.3. The smallest absolute Gasteiger partial charge is 0.335 e. The highest BCUT2D eigenvalue weighted by Gasteiger charge is 2.17. The topological polar surface area (TPSA) is 40.5 Å². The summed E-state index contributed by atoms with van der Waals surface area (Å²) in [6.45, 7) is 3.24. The third kappa shape index (κ3) is 6.30. The lowest BCUT2D eigenvalue weighted by Gasteiger charge is -2.30. The van der Waals surface area contributed by atoms with E-state index in [-0.39, 0.29) is 0 Å². The number of benzene rings is 3. The van der Waals surface area contributed by atoms with Gasteiger partial charge < -0.3 is 5.11 Å². The fourth-order valence-electron chi connectivity index (χ4n) is 4.77. The summed E-state index contributed by atoms with van der Waals surface area (Å²) in [5.41, 5.74) is 5.22. The van der Waals surface area contributed by atoms with E-state index in [4.69, 9.17) is 5.11 Å². The van der Waals surface area contributed by atoms with E-state index in [2.05, 4.69) is 59.5 Å². The van der Waals surface area contributed by atoms with Crippen LogP contribution in [0.4, 0.5) is 0 Å². The van der Waals surface area contributed by atoms with E-state index in [1.807, 2.05) is 12.1 Å². The Morgan fingerprint density at radius 3 is 2.03 bits per heavy atom. The van der Waals surface area contributed by atoms with Crippen molar-refractivity contribution in [3.8, 4) is 11.1 Å². The molecule has 0 bridgehead atoms.